The third kappa shape index (κ3) is 2.31. The quantitative estimate of drug-likeness (QED) is 0.728. The average Bonchev–Trinajstić information content (AvgIpc) is 2.80. The number of aromatic nitrogens is 3. The average molecular weight is 232 g/mol. The first-order valence-corrected chi connectivity index (χ1v) is 5.05. The van der Waals surface area contributed by atoms with Gasteiger partial charge >= 0.3 is 5.97 Å². The zero-order valence-corrected chi connectivity index (χ0v) is 9.21. The maximum Gasteiger partial charge on any atom is 0.328 e. The summed E-state index contributed by atoms with van der Waals surface area (Å²) in [6.07, 6.45) is 1.77. The fourth-order valence-corrected chi connectivity index (χ4v) is 1.47. The maximum absolute atomic E-state index is 10.8. The van der Waals surface area contributed by atoms with E-state index in [0.717, 1.165) is 5.69 Å². The third-order valence-electron chi connectivity index (χ3n) is 2.29. The third-order valence-corrected chi connectivity index (χ3v) is 2.29. The Balaban J connectivity index is 2.46. The molecule has 0 saturated heterocycles. The molecule has 0 fully saturated rings. The molecular weight excluding hydrogens is 220 g/mol. The Morgan fingerprint density at radius 1 is 1.53 bits per heavy atom. The molecule has 4 N–H and O–H groups in total. The zero-order chi connectivity index (χ0) is 12.4. The molecule has 6 nitrogen and oxygen atoms in total. The number of carboxylic acids is 1. The first kappa shape index (κ1) is 11.3. The number of rotatable bonds is 3. The topological polar surface area (TPSA) is 105 Å². The summed E-state index contributed by atoms with van der Waals surface area (Å²) in [6, 6.07) is 4.24. The number of carbonyl (C=O) groups is 1. The molecule has 2 aromatic rings. The molecule has 0 aliphatic carbocycles. The highest BCUT2D eigenvalue weighted by atomic mass is 16.4. The molecule has 1 atom stereocenters. The number of aliphatic carboxylic acids is 1. The summed E-state index contributed by atoms with van der Waals surface area (Å²) in [5.74, 6) is -1.03. The van der Waals surface area contributed by atoms with Crippen LogP contribution in [0.25, 0.3) is 11.4 Å². The van der Waals surface area contributed by atoms with Gasteiger partial charge in [-0.25, -0.2) is 9.97 Å². The summed E-state index contributed by atoms with van der Waals surface area (Å²) in [4.78, 5) is 22.0. The largest absolute Gasteiger partial charge is 0.480 e. The SMILES string of the molecule is Cc1cc(-c2ccc[nH]2)nc(C(N)C(=O)O)n1. The van der Waals surface area contributed by atoms with E-state index in [1.54, 1.807) is 19.2 Å². The summed E-state index contributed by atoms with van der Waals surface area (Å²) in [6.45, 7) is 1.77. The Morgan fingerprint density at radius 3 is 2.88 bits per heavy atom. The van der Waals surface area contributed by atoms with Gasteiger partial charge in [-0.3, -0.25) is 4.79 Å². The molecule has 6 heteroatoms. The van der Waals surface area contributed by atoms with Gasteiger partial charge in [0.2, 0.25) is 0 Å². The Bertz CT molecular complexity index is 536. The second-order valence-corrected chi connectivity index (χ2v) is 3.65. The van der Waals surface area contributed by atoms with Crippen LogP contribution in [0.1, 0.15) is 17.6 Å². The molecule has 0 amide bonds. The number of carboxylic acid groups (broad SMARTS) is 1. The molecular formula is C11H12N4O2. The Kier molecular flexibility index (Phi) is 2.88. The summed E-state index contributed by atoms with van der Waals surface area (Å²) in [5.41, 5.74) is 7.61. The van der Waals surface area contributed by atoms with Crippen molar-refractivity contribution < 1.29 is 9.90 Å². The molecule has 2 rings (SSSR count). The van der Waals surface area contributed by atoms with Crippen molar-refractivity contribution in [3.8, 4) is 11.4 Å². The van der Waals surface area contributed by atoms with E-state index in [0.29, 0.717) is 11.4 Å². The minimum absolute atomic E-state index is 0.113. The predicted molar refractivity (Wildman–Crippen MR) is 61.1 cm³/mol. The lowest BCUT2D eigenvalue weighted by atomic mass is 10.2. The van der Waals surface area contributed by atoms with Gasteiger partial charge in [0, 0.05) is 11.9 Å². The minimum atomic E-state index is -1.20. The van der Waals surface area contributed by atoms with Gasteiger partial charge in [0.15, 0.2) is 11.9 Å². The molecule has 0 aromatic carbocycles. The number of nitrogens with zero attached hydrogens (tertiary/aromatic N) is 2. The van der Waals surface area contributed by atoms with Gasteiger partial charge in [-0.15, -0.1) is 0 Å². The van der Waals surface area contributed by atoms with Crippen molar-refractivity contribution in [3.05, 3.63) is 35.9 Å². The second kappa shape index (κ2) is 4.34. The van der Waals surface area contributed by atoms with Crippen LogP contribution in [0.4, 0.5) is 0 Å². The monoisotopic (exact) mass is 232 g/mol. The molecule has 0 spiro atoms. The summed E-state index contributed by atoms with van der Waals surface area (Å²) in [5, 5.41) is 8.83. The van der Waals surface area contributed by atoms with E-state index in [4.69, 9.17) is 10.8 Å². The number of H-pyrrole nitrogens is 1. The molecule has 0 aliphatic heterocycles. The van der Waals surface area contributed by atoms with E-state index in [1.165, 1.54) is 0 Å². The van der Waals surface area contributed by atoms with Crippen LogP contribution < -0.4 is 5.73 Å². The van der Waals surface area contributed by atoms with Gasteiger partial charge in [-0.05, 0) is 25.1 Å². The number of hydrogen-bond donors (Lipinski definition) is 3. The first-order chi connectivity index (χ1) is 8.08. The highest BCUT2D eigenvalue weighted by Gasteiger charge is 2.18. The van der Waals surface area contributed by atoms with Crippen molar-refractivity contribution in [2.75, 3.05) is 0 Å². The summed E-state index contributed by atoms with van der Waals surface area (Å²) in [7, 11) is 0. The van der Waals surface area contributed by atoms with Crippen molar-refractivity contribution >= 4 is 5.97 Å². The molecule has 0 bridgehead atoms. The molecule has 17 heavy (non-hydrogen) atoms. The Morgan fingerprint density at radius 2 is 2.29 bits per heavy atom. The van der Waals surface area contributed by atoms with E-state index in [1.807, 2.05) is 12.1 Å². The van der Waals surface area contributed by atoms with E-state index in [2.05, 4.69) is 15.0 Å². The lowest BCUT2D eigenvalue weighted by molar-refractivity contribution is -0.138. The maximum atomic E-state index is 10.8. The number of aromatic amines is 1. The fourth-order valence-electron chi connectivity index (χ4n) is 1.47. The molecule has 0 radical (unpaired) electrons. The van der Waals surface area contributed by atoms with Crippen LogP contribution in [0, 0.1) is 6.92 Å². The molecule has 2 heterocycles. The smallest absolute Gasteiger partial charge is 0.328 e. The van der Waals surface area contributed by atoms with Crippen LogP contribution in [0.5, 0.6) is 0 Å². The highest BCUT2D eigenvalue weighted by Crippen LogP contribution is 2.17. The van der Waals surface area contributed by atoms with Crippen LogP contribution in [0.15, 0.2) is 24.4 Å². The van der Waals surface area contributed by atoms with Crippen molar-refractivity contribution in [1.29, 1.82) is 0 Å². The minimum Gasteiger partial charge on any atom is -0.480 e. The van der Waals surface area contributed by atoms with E-state index >= 15 is 0 Å². The number of nitrogens with one attached hydrogen (secondary N) is 1. The Hall–Kier alpha value is -2.21. The number of nitrogens with two attached hydrogens (primary N) is 1. The van der Waals surface area contributed by atoms with Crippen LogP contribution >= 0.6 is 0 Å². The molecule has 0 saturated carbocycles. The normalized spacial score (nSPS) is 12.4. The lowest BCUT2D eigenvalue weighted by Crippen LogP contribution is -2.23. The van der Waals surface area contributed by atoms with Gasteiger partial charge in [0.1, 0.15) is 0 Å². The van der Waals surface area contributed by atoms with Crippen LogP contribution in [0.3, 0.4) is 0 Å². The number of hydrogen-bond acceptors (Lipinski definition) is 4. The lowest BCUT2D eigenvalue weighted by Gasteiger charge is -2.08. The molecule has 88 valence electrons. The van der Waals surface area contributed by atoms with Crippen LogP contribution in [0.2, 0.25) is 0 Å². The van der Waals surface area contributed by atoms with E-state index < -0.39 is 12.0 Å². The van der Waals surface area contributed by atoms with Crippen molar-refractivity contribution in [1.82, 2.24) is 15.0 Å². The van der Waals surface area contributed by atoms with Crippen molar-refractivity contribution in [2.24, 2.45) is 5.73 Å². The van der Waals surface area contributed by atoms with Crippen molar-refractivity contribution in [3.63, 3.8) is 0 Å². The van der Waals surface area contributed by atoms with Crippen LogP contribution in [-0.2, 0) is 4.79 Å². The highest BCUT2D eigenvalue weighted by molar-refractivity contribution is 5.74. The van der Waals surface area contributed by atoms with Crippen LogP contribution in [-0.4, -0.2) is 26.0 Å². The first-order valence-electron chi connectivity index (χ1n) is 5.05. The second-order valence-electron chi connectivity index (χ2n) is 3.65. The molecule has 0 aliphatic rings. The fraction of sp³-hybridized carbons (Fsp3) is 0.182. The number of aryl methyl sites for hydroxylation is 1. The van der Waals surface area contributed by atoms with Gasteiger partial charge in [-0.2, -0.15) is 0 Å². The molecule has 2 aromatic heterocycles. The van der Waals surface area contributed by atoms with Gasteiger partial charge < -0.3 is 15.8 Å². The van der Waals surface area contributed by atoms with Gasteiger partial charge in [0.25, 0.3) is 0 Å². The zero-order valence-electron chi connectivity index (χ0n) is 9.21. The molecule has 1 unspecified atom stereocenters. The van der Waals surface area contributed by atoms with Gasteiger partial charge in [0.05, 0.1) is 11.4 Å². The summed E-state index contributed by atoms with van der Waals surface area (Å²) < 4.78 is 0. The van der Waals surface area contributed by atoms with Crippen molar-refractivity contribution in [2.45, 2.75) is 13.0 Å². The predicted octanol–water partition coefficient (Wildman–Crippen LogP) is 0.865. The Labute approximate surface area is 97.5 Å². The van der Waals surface area contributed by atoms with E-state index in [-0.39, 0.29) is 5.82 Å². The van der Waals surface area contributed by atoms with E-state index in [9.17, 15) is 4.79 Å². The summed E-state index contributed by atoms with van der Waals surface area (Å²) >= 11 is 0. The standard InChI is InChI=1S/C11H12N4O2/c1-6-5-8(7-3-2-4-13-7)15-10(14-6)9(12)11(16)17/h2-5,9,13H,12H2,1H3,(H,16,17). The van der Waals surface area contributed by atoms with Gasteiger partial charge in [-0.1, -0.05) is 0 Å².